The molecule has 2 aromatic rings. The van der Waals surface area contributed by atoms with Crippen LogP contribution < -0.4 is 0 Å². The van der Waals surface area contributed by atoms with Gasteiger partial charge in [-0.1, -0.05) is 39.4 Å². The molecule has 0 unspecified atom stereocenters. The van der Waals surface area contributed by atoms with Gasteiger partial charge < -0.3 is 0 Å². The lowest BCUT2D eigenvalue weighted by Gasteiger charge is -2.00. The third-order valence-electron chi connectivity index (χ3n) is 2.65. The second-order valence-corrected chi connectivity index (χ2v) is 4.81. The molecule has 2 rings (SSSR count). The van der Waals surface area contributed by atoms with Gasteiger partial charge in [-0.05, 0) is 18.4 Å². The Bertz CT molecular complexity index is 551. The summed E-state index contributed by atoms with van der Waals surface area (Å²) in [6.45, 7) is 6.46. The van der Waals surface area contributed by atoms with E-state index in [-0.39, 0.29) is 0 Å². The summed E-state index contributed by atoms with van der Waals surface area (Å²) in [5, 5.41) is 3.28. The van der Waals surface area contributed by atoms with Gasteiger partial charge in [-0.15, -0.1) is 0 Å². The summed E-state index contributed by atoms with van der Waals surface area (Å²) in [5.74, 6) is 0.464. The number of nitrogens with zero attached hydrogens (tertiary/aromatic N) is 2. The molecule has 0 amide bonds. The Kier molecular flexibility index (Phi) is 3.10. The zero-order chi connectivity index (χ0) is 11.7. The van der Waals surface area contributed by atoms with E-state index in [0.717, 1.165) is 28.8 Å². The predicted octanol–water partition coefficient (Wildman–Crippen LogP) is 3.47. The van der Waals surface area contributed by atoms with Crippen molar-refractivity contribution >= 4 is 17.9 Å². The van der Waals surface area contributed by atoms with E-state index in [2.05, 4.69) is 36.9 Å². The third-order valence-corrected chi connectivity index (χ3v) is 2.95. The zero-order valence-corrected chi connectivity index (χ0v) is 10.8. The van der Waals surface area contributed by atoms with Crippen LogP contribution in [0.1, 0.15) is 44.5 Å². The Balaban J connectivity index is 2.59. The summed E-state index contributed by atoms with van der Waals surface area (Å²) >= 11 is 5.35. The Labute approximate surface area is 101 Å². The van der Waals surface area contributed by atoms with Crippen LogP contribution in [0.4, 0.5) is 0 Å². The summed E-state index contributed by atoms with van der Waals surface area (Å²) in [7, 11) is 0. The van der Waals surface area contributed by atoms with Crippen LogP contribution in [0.2, 0.25) is 0 Å². The molecular formula is C12H17N3S. The lowest BCUT2D eigenvalue weighted by molar-refractivity contribution is 0.778. The first-order valence-corrected chi connectivity index (χ1v) is 6.14. The molecule has 0 atom stereocenters. The average Bonchev–Trinajstić information content (AvgIpc) is 2.62. The van der Waals surface area contributed by atoms with Gasteiger partial charge in [-0.25, -0.2) is 9.50 Å². The van der Waals surface area contributed by atoms with Crippen molar-refractivity contribution in [1.29, 1.82) is 0 Å². The van der Waals surface area contributed by atoms with Gasteiger partial charge in [0.05, 0.1) is 0 Å². The first kappa shape index (κ1) is 11.3. The molecule has 0 fully saturated rings. The maximum atomic E-state index is 5.35. The number of hydrogen-bond acceptors (Lipinski definition) is 2. The third kappa shape index (κ3) is 2.02. The van der Waals surface area contributed by atoms with Crippen LogP contribution in [0, 0.1) is 4.64 Å². The quantitative estimate of drug-likeness (QED) is 0.826. The van der Waals surface area contributed by atoms with Crippen LogP contribution in [0.3, 0.4) is 0 Å². The number of nitrogens with one attached hydrogen (secondary N) is 1. The van der Waals surface area contributed by atoms with Crippen LogP contribution in [-0.4, -0.2) is 14.6 Å². The van der Waals surface area contributed by atoms with Gasteiger partial charge >= 0.3 is 0 Å². The molecule has 0 saturated heterocycles. The van der Waals surface area contributed by atoms with Crippen LogP contribution in [0.15, 0.2) is 12.1 Å². The Morgan fingerprint density at radius 2 is 2.19 bits per heavy atom. The summed E-state index contributed by atoms with van der Waals surface area (Å²) in [6.07, 6.45) is 2.09. The lowest BCUT2D eigenvalue weighted by atomic mass is 10.1. The molecule has 0 radical (unpaired) electrons. The van der Waals surface area contributed by atoms with E-state index in [0.29, 0.717) is 5.92 Å². The van der Waals surface area contributed by atoms with E-state index in [4.69, 9.17) is 12.2 Å². The van der Waals surface area contributed by atoms with Gasteiger partial charge in [0.2, 0.25) is 0 Å². The molecule has 0 aliphatic carbocycles. The number of fused-ring (bicyclic) bond motifs is 1. The highest BCUT2D eigenvalue weighted by molar-refractivity contribution is 7.71. The van der Waals surface area contributed by atoms with Gasteiger partial charge in [0, 0.05) is 17.5 Å². The Hall–Kier alpha value is -1.16. The van der Waals surface area contributed by atoms with E-state index in [1.165, 1.54) is 5.69 Å². The maximum absolute atomic E-state index is 5.35. The van der Waals surface area contributed by atoms with E-state index >= 15 is 0 Å². The minimum Gasteiger partial charge on any atom is -0.295 e. The van der Waals surface area contributed by atoms with Crippen LogP contribution in [0.25, 0.3) is 5.65 Å². The van der Waals surface area contributed by atoms with Crippen molar-refractivity contribution in [1.82, 2.24) is 14.6 Å². The molecule has 0 bridgehead atoms. The highest BCUT2D eigenvalue weighted by atomic mass is 32.1. The minimum absolute atomic E-state index is 0.464. The molecule has 0 saturated carbocycles. The van der Waals surface area contributed by atoms with Crippen molar-refractivity contribution in [2.75, 3.05) is 0 Å². The number of rotatable bonds is 3. The molecule has 4 heteroatoms. The van der Waals surface area contributed by atoms with Crippen LogP contribution in [-0.2, 0) is 6.42 Å². The van der Waals surface area contributed by atoms with Crippen LogP contribution in [0.5, 0.6) is 0 Å². The van der Waals surface area contributed by atoms with Crippen molar-refractivity contribution < 1.29 is 0 Å². The number of aromatic nitrogens is 3. The molecule has 16 heavy (non-hydrogen) atoms. The molecule has 86 valence electrons. The standard InChI is InChI=1S/C12H17N3S/c1-4-5-9-6-12(16)15-11(13-9)7-10(14-15)8(2)3/h6-8,14H,4-5H2,1-3H3. The summed E-state index contributed by atoms with van der Waals surface area (Å²) in [4.78, 5) is 4.59. The molecule has 3 nitrogen and oxygen atoms in total. The minimum atomic E-state index is 0.464. The monoisotopic (exact) mass is 235 g/mol. The fourth-order valence-electron chi connectivity index (χ4n) is 1.74. The first-order valence-electron chi connectivity index (χ1n) is 5.73. The summed E-state index contributed by atoms with van der Waals surface area (Å²) < 4.78 is 2.68. The van der Waals surface area contributed by atoms with Crippen molar-refractivity contribution in [2.45, 2.75) is 39.5 Å². The van der Waals surface area contributed by atoms with Crippen molar-refractivity contribution in [3.63, 3.8) is 0 Å². The topological polar surface area (TPSA) is 33.1 Å². The smallest absolute Gasteiger partial charge is 0.154 e. The molecule has 2 heterocycles. The molecule has 0 spiro atoms. The van der Waals surface area contributed by atoms with E-state index in [1.54, 1.807) is 0 Å². The summed E-state index contributed by atoms with van der Waals surface area (Å²) in [6, 6.07) is 4.06. The van der Waals surface area contributed by atoms with E-state index in [1.807, 2.05) is 10.6 Å². The molecule has 1 N–H and O–H groups in total. The first-order chi connectivity index (χ1) is 7.61. The SMILES string of the molecule is CCCc1cc(=S)n2[nH]c(C(C)C)cc2n1. The highest BCUT2D eigenvalue weighted by Gasteiger charge is 2.06. The lowest BCUT2D eigenvalue weighted by Crippen LogP contribution is -1.97. The number of hydrogen-bond donors (Lipinski definition) is 1. The summed E-state index contributed by atoms with van der Waals surface area (Å²) in [5.41, 5.74) is 3.19. The second kappa shape index (κ2) is 4.37. The largest absolute Gasteiger partial charge is 0.295 e. The number of aryl methyl sites for hydroxylation is 1. The van der Waals surface area contributed by atoms with E-state index in [9.17, 15) is 0 Å². The maximum Gasteiger partial charge on any atom is 0.154 e. The average molecular weight is 235 g/mol. The van der Waals surface area contributed by atoms with Gasteiger partial charge in [0.1, 0.15) is 4.64 Å². The fourth-order valence-corrected chi connectivity index (χ4v) is 2.01. The fraction of sp³-hybridized carbons (Fsp3) is 0.500. The zero-order valence-electron chi connectivity index (χ0n) is 9.95. The Morgan fingerprint density at radius 3 is 2.81 bits per heavy atom. The number of aromatic amines is 1. The van der Waals surface area contributed by atoms with Gasteiger partial charge in [-0.3, -0.25) is 5.10 Å². The van der Waals surface area contributed by atoms with Crippen LogP contribution >= 0.6 is 12.2 Å². The number of H-pyrrole nitrogens is 1. The molecule has 0 aromatic carbocycles. The normalized spacial score (nSPS) is 11.5. The van der Waals surface area contributed by atoms with Crippen molar-refractivity contribution in [2.24, 2.45) is 0 Å². The molecular weight excluding hydrogens is 218 g/mol. The van der Waals surface area contributed by atoms with Crippen molar-refractivity contribution in [3.8, 4) is 0 Å². The van der Waals surface area contributed by atoms with Gasteiger partial charge in [0.15, 0.2) is 5.65 Å². The van der Waals surface area contributed by atoms with Gasteiger partial charge in [-0.2, -0.15) is 0 Å². The Morgan fingerprint density at radius 1 is 1.44 bits per heavy atom. The van der Waals surface area contributed by atoms with E-state index < -0.39 is 0 Å². The molecule has 0 aliphatic rings. The molecule has 2 aromatic heterocycles. The van der Waals surface area contributed by atoms with Gasteiger partial charge in [0.25, 0.3) is 0 Å². The predicted molar refractivity (Wildman–Crippen MR) is 68.5 cm³/mol. The molecule has 0 aliphatic heterocycles. The second-order valence-electron chi connectivity index (χ2n) is 4.40. The highest BCUT2D eigenvalue weighted by Crippen LogP contribution is 2.15. The van der Waals surface area contributed by atoms with Crippen molar-refractivity contribution in [3.05, 3.63) is 28.2 Å².